The molecule has 1 fully saturated rings. The third-order valence-corrected chi connectivity index (χ3v) is 4.22. The smallest absolute Gasteiger partial charge is 0.221 e. The molecule has 1 aromatic rings. The van der Waals surface area contributed by atoms with E-state index in [1.165, 1.54) is 31.7 Å². The standard InChI is InChI=1S/C17H26N2O/c1-12-7-8-15(9-12)11-18-13(2)16-5-4-6-17(10-16)19-14(3)20/h4-6,10,12-13,15,18H,7-9,11H2,1-3H3,(H,19,20). The first-order valence-corrected chi connectivity index (χ1v) is 7.65. The van der Waals surface area contributed by atoms with Gasteiger partial charge in [-0.1, -0.05) is 25.5 Å². The van der Waals surface area contributed by atoms with Crippen LogP contribution in [0.1, 0.15) is 51.6 Å². The second kappa shape index (κ2) is 6.89. The summed E-state index contributed by atoms with van der Waals surface area (Å²) in [6.45, 7) is 7.16. The molecule has 110 valence electrons. The van der Waals surface area contributed by atoms with Gasteiger partial charge in [-0.05, 0) is 55.8 Å². The minimum absolute atomic E-state index is 0.0253. The first-order valence-electron chi connectivity index (χ1n) is 7.65. The summed E-state index contributed by atoms with van der Waals surface area (Å²) >= 11 is 0. The molecule has 3 nitrogen and oxygen atoms in total. The van der Waals surface area contributed by atoms with Crippen LogP contribution in [0.5, 0.6) is 0 Å². The molecule has 1 aliphatic rings. The third-order valence-electron chi connectivity index (χ3n) is 4.22. The number of hydrogen-bond acceptors (Lipinski definition) is 2. The first-order chi connectivity index (χ1) is 9.54. The number of hydrogen-bond donors (Lipinski definition) is 2. The Kier molecular flexibility index (Phi) is 5.18. The van der Waals surface area contributed by atoms with Crippen LogP contribution in [0, 0.1) is 11.8 Å². The largest absolute Gasteiger partial charge is 0.326 e. The van der Waals surface area contributed by atoms with Gasteiger partial charge < -0.3 is 10.6 Å². The molecule has 1 aliphatic carbocycles. The molecule has 3 unspecified atom stereocenters. The summed E-state index contributed by atoms with van der Waals surface area (Å²) in [5.74, 6) is 1.69. The highest BCUT2D eigenvalue weighted by atomic mass is 16.1. The van der Waals surface area contributed by atoms with Crippen LogP contribution in [-0.2, 0) is 4.79 Å². The van der Waals surface area contributed by atoms with E-state index in [4.69, 9.17) is 0 Å². The van der Waals surface area contributed by atoms with E-state index in [1.54, 1.807) is 0 Å². The molecule has 0 aromatic heterocycles. The van der Waals surface area contributed by atoms with Crippen molar-refractivity contribution in [2.75, 3.05) is 11.9 Å². The highest BCUT2D eigenvalue weighted by molar-refractivity contribution is 5.88. The fraction of sp³-hybridized carbons (Fsp3) is 0.588. The second-order valence-corrected chi connectivity index (χ2v) is 6.22. The van der Waals surface area contributed by atoms with E-state index in [1.807, 2.05) is 12.1 Å². The van der Waals surface area contributed by atoms with Crippen LogP contribution in [0.2, 0.25) is 0 Å². The highest BCUT2D eigenvalue weighted by Gasteiger charge is 2.21. The molecular formula is C17H26N2O. The van der Waals surface area contributed by atoms with Crippen LogP contribution < -0.4 is 10.6 Å². The molecule has 0 heterocycles. The molecular weight excluding hydrogens is 248 g/mol. The van der Waals surface area contributed by atoms with Gasteiger partial charge in [0.25, 0.3) is 0 Å². The van der Waals surface area contributed by atoms with Gasteiger partial charge in [0.1, 0.15) is 0 Å². The van der Waals surface area contributed by atoms with E-state index < -0.39 is 0 Å². The van der Waals surface area contributed by atoms with Crippen molar-refractivity contribution in [3.63, 3.8) is 0 Å². The number of carbonyl (C=O) groups excluding carboxylic acids is 1. The minimum atomic E-state index is -0.0253. The minimum Gasteiger partial charge on any atom is -0.326 e. The molecule has 0 saturated heterocycles. The number of rotatable bonds is 5. The Morgan fingerprint density at radius 3 is 2.85 bits per heavy atom. The van der Waals surface area contributed by atoms with Crippen molar-refractivity contribution in [2.24, 2.45) is 11.8 Å². The van der Waals surface area contributed by atoms with Crippen molar-refractivity contribution in [3.05, 3.63) is 29.8 Å². The lowest BCUT2D eigenvalue weighted by atomic mass is 10.0. The zero-order chi connectivity index (χ0) is 14.5. The van der Waals surface area contributed by atoms with Crippen LogP contribution in [0.25, 0.3) is 0 Å². The molecule has 3 atom stereocenters. The van der Waals surface area contributed by atoms with E-state index >= 15 is 0 Å². The van der Waals surface area contributed by atoms with Crippen LogP contribution in [0.3, 0.4) is 0 Å². The van der Waals surface area contributed by atoms with E-state index in [0.717, 1.165) is 24.1 Å². The number of benzene rings is 1. The summed E-state index contributed by atoms with van der Waals surface area (Å²) in [6.07, 6.45) is 4.08. The van der Waals surface area contributed by atoms with Gasteiger partial charge in [0, 0.05) is 18.7 Å². The number of anilines is 1. The molecule has 2 N–H and O–H groups in total. The average Bonchev–Trinajstić information content (AvgIpc) is 2.81. The van der Waals surface area contributed by atoms with Crippen LogP contribution in [-0.4, -0.2) is 12.5 Å². The quantitative estimate of drug-likeness (QED) is 0.859. The maximum Gasteiger partial charge on any atom is 0.221 e. The van der Waals surface area contributed by atoms with Gasteiger partial charge in [-0.15, -0.1) is 0 Å². The van der Waals surface area contributed by atoms with Crippen LogP contribution in [0.4, 0.5) is 5.69 Å². The molecule has 1 amide bonds. The topological polar surface area (TPSA) is 41.1 Å². The zero-order valence-electron chi connectivity index (χ0n) is 12.8. The molecule has 0 spiro atoms. The van der Waals surface area contributed by atoms with Crippen molar-refractivity contribution in [3.8, 4) is 0 Å². The van der Waals surface area contributed by atoms with Crippen LogP contribution >= 0.6 is 0 Å². The number of carbonyl (C=O) groups is 1. The molecule has 3 heteroatoms. The maximum atomic E-state index is 11.1. The lowest BCUT2D eigenvalue weighted by Gasteiger charge is -2.18. The lowest BCUT2D eigenvalue weighted by molar-refractivity contribution is -0.114. The summed E-state index contributed by atoms with van der Waals surface area (Å²) in [6, 6.07) is 8.41. The Labute approximate surface area is 122 Å². The Morgan fingerprint density at radius 1 is 1.40 bits per heavy atom. The van der Waals surface area contributed by atoms with E-state index in [9.17, 15) is 4.79 Å². The van der Waals surface area contributed by atoms with E-state index in [2.05, 4.69) is 36.6 Å². The Balaban J connectivity index is 1.88. The molecule has 0 bridgehead atoms. The van der Waals surface area contributed by atoms with E-state index in [-0.39, 0.29) is 5.91 Å². The van der Waals surface area contributed by atoms with Gasteiger partial charge >= 0.3 is 0 Å². The van der Waals surface area contributed by atoms with E-state index in [0.29, 0.717) is 6.04 Å². The average molecular weight is 274 g/mol. The van der Waals surface area contributed by atoms with Crippen molar-refractivity contribution < 1.29 is 4.79 Å². The highest BCUT2D eigenvalue weighted by Crippen LogP contribution is 2.30. The molecule has 1 saturated carbocycles. The van der Waals surface area contributed by atoms with Crippen molar-refractivity contribution in [1.82, 2.24) is 5.32 Å². The Morgan fingerprint density at radius 2 is 2.20 bits per heavy atom. The normalized spacial score (nSPS) is 23.6. The van der Waals surface area contributed by atoms with Crippen molar-refractivity contribution in [2.45, 2.75) is 46.1 Å². The van der Waals surface area contributed by atoms with Gasteiger partial charge in [0.05, 0.1) is 0 Å². The predicted octanol–water partition coefficient (Wildman–Crippen LogP) is 3.73. The summed E-state index contributed by atoms with van der Waals surface area (Å²) in [5.41, 5.74) is 2.10. The fourth-order valence-electron chi connectivity index (χ4n) is 3.06. The van der Waals surface area contributed by atoms with Gasteiger partial charge in [0.15, 0.2) is 0 Å². The monoisotopic (exact) mass is 274 g/mol. The SMILES string of the molecule is CC(=O)Nc1cccc(C(C)NCC2CCC(C)C2)c1. The van der Waals surface area contributed by atoms with Gasteiger partial charge in [0.2, 0.25) is 5.91 Å². The number of amides is 1. The van der Waals surface area contributed by atoms with Gasteiger partial charge in [-0.3, -0.25) is 4.79 Å². The molecule has 1 aromatic carbocycles. The van der Waals surface area contributed by atoms with Crippen molar-refractivity contribution in [1.29, 1.82) is 0 Å². The van der Waals surface area contributed by atoms with Crippen molar-refractivity contribution >= 4 is 11.6 Å². The molecule has 0 radical (unpaired) electrons. The molecule has 2 rings (SSSR count). The second-order valence-electron chi connectivity index (χ2n) is 6.22. The summed E-state index contributed by atoms with van der Waals surface area (Å²) in [5, 5.41) is 6.47. The zero-order valence-corrected chi connectivity index (χ0v) is 12.8. The summed E-state index contributed by atoms with van der Waals surface area (Å²) in [7, 11) is 0. The first kappa shape index (κ1) is 15.0. The van der Waals surface area contributed by atoms with Crippen LogP contribution in [0.15, 0.2) is 24.3 Å². The third kappa shape index (κ3) is 4.34. The summed E-state index contributed by atoms with van der Waals surface area (Å²) < 4.78 is 0. The number of nitrogens with one attached hydrogen (secondary N) is 2. The van der Waals surface area contributed by atoms with Gasteiger partial charge in [-0.25, -0.2) is 0 Å². The maximum absolute atomic E-state index is 11.1. The molecule has 0 aliphatic heterocycles. The lowest BCUT2D eigenvalue weighted by Crippen LogP contribution is -2.24. The summed E-state index contributed by atoms with van der Waals surface area (Å²) in [4.78, 5) is 11.1. The fourth-order valence-corrected chi connectivity index (χ4v) is 3.06. The van der Waals surface area contributed by atoms with Gasteiger partial charge in [-0.2, -0.15) is 0 Å². The Bertz CT molecular complexity index is 458. The molecule has 20 heavy (non-hydrogen) atoms. The predicted molar refractivity (Wildman–Crippen MR) is 83.7 cm³/mol. The Hall–Kier alpha value is -1.35.